The van der Waals surface area contributed by atoms with E-state index in [0.29, 0.717) is 19.3 Å². The van der Waals surface area contributed by atoms with Gasteiger partial charge in [0, 0.05) is 12.8 Å². The standard InChI is InChI=1S/C38H62O6/c1-4-6-7-8-9-10-11-12-13-14-15-19-23-28-35(39)29-24-21-26-31-38(42)44-33-36(40)32-43-37(41)30-25-20-17-16-18-22-27-34(3)5-2/h6-7,9-10,12-13,15,19,21,23-24,28,34-36,39-40H,4-5,8,11,14,16-18,20,22,25-27,29-33H2,1-3H3/b7-6-,10-9-,13-12-,19-15-,24-21-,28-23-/t34?,35?,36-/m1/s1. The van der Waals surface area contributed by atoms with Crippen LogP contribution in [0.4, 0.5) is 0 Å². The molecule has 250 valence electrons. The minimum absolute atomic E-state index is 0.173. The van der Waals surface area contributed by atoms with Crippen LogP contribution in [-0.2, 0) is 19.1 Å². The van der Waals surface area contributed by atoms with Crippen molar-refractivity contribution in [3.8, 4) is 0 Å². The summed E-state index contributed by atoms with van der Waals surface area (Å²) in [5.74, 6) is 0.0599. The third kappa shape index (κ3) is 30.7. The van der Waals surface area contributed by atoms with Crippen molar-refractivity contribution in [3.63, 3.8) is 0 Å². The molecule has 2 N–H and O–H groups in total. The van der Waals surface area contributed by atoms with Gasteiger partial charge in [0.2, 0.25) is 0 Å². The van der Waals surface area contributed by atoms with Crippen molar-refractivity contribution in [1.82, 2.24) is 0 Å². The number of esters is 2. The van der Waals surface area contributed by atoms with E-state index in [1.807, 2.05) is 30.4 Å². The van der Waals surface area contributed by atoms with Crippen LogP contribution >= 0.6 is 0 Å². The highest BCUT2D eigenvalue weighted by Gasteiger charge is 2.11. The fourth-order valence-electron chi connectivity index (χ4n) is 4.11. The van der Waals surface area contributed by atoms with Gasteiger partial charge in [-0.25, -0.2) is 0 Å². The summed E-state index contributed by atoms with van der Waals surface area (Å²) in [5.41, 5.74) is 0. The second kappa shape index (κ2) is 31.7. The molecule has 0 heterocycles. The Balaban J connectivity index is 3.77. The van der Waals surface area contributed by atoms with E-state index in [4.69, 9.17) is 9.47 Å². The molecule has 3 atom stereocenters. The molecule has 0 aromatic rings. The molecule has 0 aromatic carbocycles. The predicted octanol–water partition coefficient (Wildman–Crippen LogP) is 9.05. The topological polar surface area (TPSA) is 93.1 Å². The lowest BCUT2D eigenvalue weighted by molar-refractivity contribution is -0.152. The first-order valence-corrected chi connectivity index (χ1v) is 17.0. The van der Waals surface area contributed by atoms with Gasteiger partial charge >= 0.3 is 11.9 Å². The number of hydrogen-bond acceptors (Lipinski definition) is 6. The Hall–Kier alpha value is -2.70. The highest BCUT2D eigenvalue weighted by Crippen LogP contribution is 2.14. The second-order valence-electron chi connectivity index (χ2n) is 11.3. The molecule has 0 aliphatic heterocycles. The van der Waals surface area contributed by atoms with Gasteiger partial charge in [0.1, 0.15) is 19.3 Å². The SMILES string of the molecule is CC/C=C\C/C=C\C/C=C\C/C=C\C=C/C(O)C/C=C\CCC(=O)OC[C@H](O)COC(=O)CCCCCCCCC(C)CC. The molecule has 0 rings (SSSR count). The van der Waals surface area contributed by atoms with Crippen LogP contribution in [0.1, 0.15) is 124 Å². The molecule has 44 heavy (non-hydrogen) atoms. The Labute approximate surface area is 268 Å². The molecule has 0 spiro atoms. The molecule has 0 aliphatic carbocycles. The van der Waals surface area contributed by atoms with Crippen molar-refractivity contribution >= 4 is 11.9 Å². The number of carbonyl (C=O) groups excluding carboxylic acids is 2. The average Bonchev–Trinajstić information content (AvgIpc) is 3.02. The lowest BCUT2D eigenvalue weighted by atomic mass is 10.00. The summed E-state index contributed by atoms with van der Waals surface area (Å²) in [4.78, 5) is 23.8. The lowest BCUT2D eigenvalue weighted by Crippen LogP contribution is -2.25. The zero-order valence-electron chi connectivity index (χ0n) is 27.9. The van der Waals surface area contributed by atoms with Gasteiger partial charge in [0.25, 0.3) is 0 Å². The molecule has 0 aromatic heterocycles. The monoisotopic (exact) mass is 614 g/mol. The smallest absolute Gasteiger partial charge is 0.306 e. The zero-order valence-corrected chi connectivity index (χ0v) is 27.9. The minimum Gasteiger partial charge on any atom is -0.463 e. The molecular formula is C38H62O6. The van der Waals surface area contributed by atoms with Crippen molar-refractivity contribution < 1.29 is 29.3 Å². The molecule has 0 amide bonds. The fourth-order valence-corrected chi connectivity index (χ4v) is 4.11. The number of carbonyl (C=O) groups is 2. The van der Waals surface area contributed by atoms with Gasteiger partial charge in [0.15, 0.2) is 0 Å². The Morgan fingerprint density at radius 1 is 0.659 bits per heavy atom. The van der Waals surface area contributed by atoms with Crippen LogP contribution in [0.2, 0.25) is 0 Å². The maximum Gasteiger partial charge on any atom is 0.306 e. The number of aliphatic hydroxyl groups is 2. The van der Waals surface area contributed by atoms with Gasteiger partial charge < -0.3 is 19.7 Å². The van der Waals surface area contributed by atoms with Crippen LogP contribution in [0.15, 0.2) is 72.9 Å². The van der Waals surface area contributed by atoms with Crippen molar-refractivity contribution in [2.45, 2.75) is 136 Å². The third-order valence-electron chi connectivity index (χ3n) is 7.09. The van der Waals surface area contributed by atoms with E-state index in [9.17, 15) is 19.8 Å². The summed E-state index contributed by atoms with van der Waals surface area (Å²) < 4.78 is 10.2. The van der Waals surface area contributed by atoms with Gasteiger partial charge in [-0.2, -0.15) is 0 Å². The van der Waals surface area contributed by atoms with E-state index < -0.39 is 18.2 Å². The largest absolute Gasteiger partial charge is 0.463 e. The van der Waals surface area contributed by atoms with E-state index >= 15 is 0 Å². The van der Waals surface area contributed by atoms with Crippen LogP contribution in [0.25, 0.3) is 0 Å². The molecule has 0 bridgehead atoms. The normalized spacial score (nSPS) is 14.6. The Bertz CT molecular complexity index is 867. The first-order valence-electron chi connectivity index (χ1n) is 17.0. The van der Waals surface area contributed by atoms with E-state index in [0.717, 1.165) is 50.9 Å². The molecule has 0 fully saturated rings. The number of hydrogen-bond donors (Lipinski definition) is 2. The number of ether oxygens (including phenoxy) is 2. The van der Waals surface area contributed by atoms with Crippen molar-refractivity contribution in [1.29, 1.82) is 0 Å². The summed E-state index contributed by atoms with van der Waals surface area (Å²) in [6, 6.07) is 0. The molecule has 0 saturated carbocycles. The van der Waals surface area contributed by atoms with E-state index in [-0.39, 0.29) is 25.6 Å². The lowest BCUT2D eigenvalue weighted by Gasteiger charge is -2.12. The first-order chi connectivity index (χ1) is 21.4. The maximum atomic E-state index is 11.9. The molecule has 2 unspecified atom stereocenters. The van der Waals surface area contributed by atoms with Gasteiger partial charge in [-0.1, -0.05) is 139 Å². The van der Waals surface area contributed by atoms with Gasteiger partial charge in [-0.05, 0) is 50.9 Å². The van der Waals surface area contributed by atoms with Crippen LogP contribution in [0.3, 0.4) is 0 Å². The second-order valence-corrected chi connectivity index (χ2v) is 11.3. The van der Waals surface area contributed by atoms with Gasteiger partial charge in [-0.15, -0.1) is 0 Å². The number of unbranched alkanes of at least 4 members (excludes halogenated alkanes) is 5. The molecule has 6 heteroatoms. The van der Waals surface area contributed by atoms with E-state index in [1.165, 1.54) is 32.1 Å². The molecule has 0 aliphatic rings. The Kier molecular flexibility index (Phi) is 29.8. The van der Waals surface area contributed by atoms with Crippen molar-refractivity contribution in [2.75, 3.05) is 13.2 Å². The quantitative estimate of drug-likeness (QED) is 0.0395. The van der Waals surface area contributed by atoms with Crippen LogP contribution in [0.5, 0.6) is 0 Å². The predicted molar refractivity (Wildman–Crippen MR) is 183 cm³/mol. The Morgan fingerprint density at radius 2 is 1.23 bits per heavy atom. The fraction of sp³-hybridized carbons (Fsp3) is 0.632. The van der Waals surface area contributed by atoms with Gasteiger partial charge in [0.05, 0.1) is 6.10 Å². The molecule has 0 saturated heterocycles. The summed E-state index contributed by atoms with van der Waals surface area (Å²) in [6.07, 6.45) is 37.1. The Morgan fingerprint density at radius 3 is 1.86 bits per heavy atom. The number of allylic oxidation sites excluding steroid dienone is 10. The van der Waals surface area contributed by atoms with Gasteiger partial charge in [-0.3, -0.25) is 9.59 Å². The first kappa shape index (κ1) is 41.3. The number of aliphatic hydroxyl groups excluding tert-OH is 2. The highest BCUT2D eigenvalue weighted by atomic mass is 16.6. The van der Waals surface area contributed by atoms with E-state index in [1.54, 1.807) is 6.08 Å². The van der Waals surface area contributed by atoms with E-state index in [2.05, 4.69) is 57.2 Å². The minimum atomic E-state index is -1.03. The summed E-state index contributed by atoms with van der Waals surface area (Å²) in [7, 11) is 0. The molecule has 0 radical (unpaired) electrons. The molecular weight excluding hydrogens is 552 g/mol. The summed E-state index contributed by atoms with van der Waals surface area (Å²) in [6.45, 7) is 6.29. The maximum absolute atomic E-state index is 11.9. The highest BCUT2D eigenvalue weighted by molar-refractivity contribution is 5.70. The zero-order chi connectivity index (χ0) is 32.5. The summed E-state index contributed by atoms with van der Waals surface area (Å²) in [5, 5.41) is 20.0. The van der Waals surface area contributed by atoms with Crippen LogP contribution in [-0.4, -0.2) is 47.6 Å². The van der Waals surface area contributed by atoms with Crippen LogP contribution < -0.4 is 0 Å². The van der Waals surface area contributed by atoms with Crippen molar-refractivity contribution in [2.24, 2.45) is 5.92 Å². The van der Waals surface area contributed by atoms with Crippen molar-refractivity contribution in [3.05, 3.63) is 72.9 Å². The number of rotatable bonds is 28. The molecule has 6 nitrogen and oxygen atoms in total. The summed E-state index contributed by atoms with van der Waals surface area (Å²) >= 11 is 0. The third-order valence-corrected chi connectivity index (χ3v) is 7.09. The van der Waals surface area contributed by atoms with Crippen LogP contribution in [0, 0.1) is 5.92 Å². The average molecular weight is 615 g/mol.